The molecule has 8 atom stereocenters. The van der Waals surface area contributed by atoms with Crippen LogP contribution in [-0.4, -0.2) is 108 Å². The molecule has 0 amide bonds. The molecule has 1 aliphatic rings. The van der Waals surface area contributed by atoms with Crippen molar-refractivity contribution in [2.75, 3.05) is 13.2 Å². The Kier molecular flexibility index (Phi) is 24.2. The molecule has 1 aliphatic carbocycles. The Morgan fingerprint density at radius 2 is 1.15 bits per heavy atom. The molecule has 0 aromatic carbocycles. The number of aliphatic hydroxyl groups excluding tert-OH is 3. The lowest BCUT2D eigenvalue weighted by atomic mass is 9.85. The van der Waals surface area contributed by atoms with E-state index in [2.05, 4.69) is 27.3 Å². The molecular formula is C32H55O19P3. The minimum atomic E-state index is -5.59. The highest BCUT2D eigenvalue weighted by molar-refractivity contribution is 7.47. The fraction of sp³-hybridized carbons (Fsp3) is 0.688. The van der Waals surface area contributed by atoms with Gasteiger partial charge in [0.2, 0.25) is 0 Å². The average Bonchev–Trinajstić information content (AvgIpc) is 3.08. The zero-order valence-electron chi connectivity index (χ0n) is 30.3. The van der Waals surface area contributed by atoms with Crippen LogP contribution in [0.15, 0.2) is 48.6 Å². The van der Waals surface area contributed by atoms with E-state index in [1.165, 1.54) is 0 Å². The van der Waals surface area contributed by atoms with Crippen molar-refractivity contribution in [2.45, 2.75) is 127 Å². The van der Waals surface area contributed by atoms with Gasteiger partial charge in [-0.25, -0.2) is 13.7 Å². The first-order chi connectivity index (χ1) is 25.3. The van der Waals surface area contributed by atoms with E-state index in [4.69, 9.17) is 28.3 Å². The smallest absolute Gasteiger partial charge is 0.462 e. The van der Waals surface area contributed by atoms with Crippen molar-refractivity contribution in [1.82, 2.24) is 0 Å². The van der Waals surface area contributed by atoms with Crippen molar-refractivity contribution in [3.63, 3.8) is 0 Å². The standard InChI is InChI=1S/C32H55O19P3/c1-3-5-7-9-10-11-12-13-14-15-16-17-19-21-26(34)48-24(22-46-25(33)20-18-8-6-4-2)23-47-54(44,45)51-30-27(35)28(36)31(49-52(38,39)40)32(29(30)37)50-53(41,42)43/h3,5,9-10,12-13,15-16,24,27-32,35-37H,4,6-8,11,14,17-23H2,1-2H3,(H,44,45)(H2,38,39,40)(H2,41,42,43)/b5-3+,10-9-,13-12+,16-15+/t24-,27-,28+,29+,30-,31-,32-/m1/s1. The van der Waals surface area contributed by atoms with Crippen LogP contribution in [0.1, 0.15) is 84.5 Å². The van der Waals surface area contributed by atoms with Crippen molar-refractivity contribution < 1.29 is 90.6 Å². The van der Waals surface area contributed by atoms with E-state index in [1.54, 1.807) is 0 Å². The van der Waals surface area contributed by atoms with Crippen LogP contribution in [0.4, 0.5) is 0 Å². The van der Waals surface area contributed by atoms with E-state index in [1.807, 2.05) is 44.2 Å². The van der Waals surface area contributed by atoms with E-state index in [-0.39, 0.29) is 12.8 Å². The second kappa shape index (κ2) is 26.1. The Morgan fingerprint density at radius 1 is 0.630 bits per heavy atom. The Labute approximate surface area is 314 Å². The predicted molar refractivity (Wildman–Crippen MR) is 192 cm³/mol. The summed E-state index contributed by atoms with van der Waals surface area (Å²) in [6, 6.07) is 0. The number of rotatable bonds is 27. The van der Waals surface area contributed by atoms with Crippen molar-refractivity contribution in [2.24, 2.45) is 0 Å². The fourth-order valence-electron chi connectivity index (χ4n) is 4.86. The summed E-state index contributed by atoms with van der Waals surface area (Å²) in [6.45, 7) is 2.42. The maximum atomic E-state index is 12.9. The van der Waals surface area contributed by atoms with Crippen LogP contribution in [0.25, 0.3) is 0 Å². The molecule has 1 unspecified atom stereocenters. The zero-order valence-corrected chi connectivity index (χ0v) is 32.9. The van der Waals surface area contributed by atoms with Gasteiger partial charge in [0.05, 0.1) is 6.61 Å². The van der Waals surface area contributed by atoms with Crippen LogP contribution < -0.4 is 0 Å². The minimum Gasteiger partial charge on any atom is -0.462 e. The van der Waals surface area contributed by atoms with E-state index in [0.717, 1.165) is 32.1 Å². The number of carbonyl (C=O) groups excluding carboxylic acids is 2. The first-order valence-corrected chi connectivity index (χ1v) is 21.9. The number of phosphoric ester groups is 3. The largest absolute Gasteiger partial charge is 0.472 e. The van der Waals surface area contributed by atoms with E-state index in [0.29, 0.717) is 25.7 Å². The monoisotopic (exact) mass is 836 g/mol. The molecule has 312 valence electrons. The normalized spacial score (nSPS) is 24.4. The fourth-order valence-corrected chi connectivity index (χ4v) is 6.96. The van der Waals surface area contributed by atoms with Gasteiger partial charge in [-0.15, -0.1) is 0 Å². The Balaban J connectivity index is 2.89. The second-order valence-corrected chi connectivity index (χ2v) is 15.9. The summed E-state index contributed by atoms with van der Waals surface area (Å²) in [7, 11) is -16.6. The molecule has 8 N–H and O–H groups in total. The molecule has 0 heterocycles. The molecular weight excluding hydrogens is 781 g/mol. The van der Waals surface area contributed by atoms with Gasteiger partial charge in [0.15, 0.2) is 6.10 Å². The van der Waals surface area contributed by atoms with Crippen LogP contribution in [0.5, 0.6) is 0 Å². The summed E-state index contributed by atoms with van der Waals surface area (Å²) in [5.74, 6) is -1.39. The molecule has 54 heavy (non-hydrogen) atoms. The molecule has 0 bridgehead atoms. The SMILES string of the molecule is C/C=C/C/C=C\C/C=C/C/C=C/CCCC(=O)O[C@H](COC(=O)CCCCCC)COP(=O)(O)O[C@@H]1[C@H](O)[C@H](O)[C@@H](OP(=O)(O)O)[C@H](OP(=O)(O)O)[C@H]1O. The van der Waals surface area contributed by atoms with Gasteiger partial charge in [-0.05, 0) is 45.4 Å². The maximum Gasteiger partial charge on any atom is 0.472 e. The molecule has 1 saturated carbocycles. The number of unbranched alkanes of at least 4 members (excludes halogenated alkanes) is 4. The van der Waals surface area contributed by atoms with Crippen molar-refractivity contribution in [3.8, 4) is 0 Å². The number of esters is 2. The van der Waals surface area contributed by atoms with E-state index in [9.17, 15) is 53.3 Å². The first kappa shape index (κ1) is 50.1. The lowest BCUT2D eigenvalue weighted by Gasteiger charge is -2.44. The number of hydrogen-bond donors (Lipinski definition) is 8. The zero-order chi connectivity index (χ0) is 40.8. The molecule has 1 rings (SSSR count). The summed E-state index contributed by atoms with van der Waals surface area (Å²) >= 11 is 0. The molecule has 0 aromatic heterocycles. The summed E-state index contributed by atoms with van der Waals surface area (Å²) in [6.07, 6.45) is 6.03. The summed E-state index contributed by atoms with van der Waals surface area (Å²) in [5, 5.41) is 31.5. The molecule has 1 fully saturated rings. The molecule has 22 heteroatoms. The third kappa shape index (κ3) is 22.6. The molecule has 0 spiro atoms. The highest BCUT2D eigenvalue weighted by atomic mass is 31.2. The van der Waals surface area contributed by atoms with E-state index >= 15 is 0 Å². The van der Waals surface area contributed by atoms with Gasteiger partial charge in [-0.2, -0.15) is 0 Å². The highest BCUT2D eigenvalue weighted by Gasteiger charge is 2.56. The number of hydrogen-bond acceptors (Lipinski definition) is 14. The average molecular weight is 837 g/mol. The Hall–Kier alpha value is -1.89. The second-order valence-electron chi connectivity index (χ2n) is 12.1. The Morgan fingerprint density at radius 3 is 1.70 bits per heavy atom. The molecule has 0 aliphatic heterocycles. The van der Waals surface area contributed by atoms with Crippen LogP contribution in [0.3, 0.4) is 0 Å². The Bertz CT molecular complexity index is 1370. The molecule has 0 saturated heterocycles. The lowest BCUT2D eigenvalue weighted by Crippen LogP contribution is -2.65. The number of ether oxygens (including phenoxy) is 2. The number of phosphoric acid groups is 3. The lowest BCUT2D eigenvalue weighted by molar-refractivity contribution is -0.213. The van der Waals surface area contributed by atoms with Crippen molar-refractivity contribution >= 4 is 35.4 Å². The van der Waals surface area contributed by atoms with Gasteiger partial charge in [0.1, 0.15) is 43.2 Å². The van der Waals surface area contributed by atoms with Gasteiger partial charge < -0.3 is 49.3 Å². The van der Waals surface area contributed by atoms with Crippen LogP contribution in [0.2, 0.25) is 0 Å². The van der Waals surface area contributed by atoms with Gasteiger partial charge in [0, 0.05) is 12.8 Å². The van der Waals surface area contributed by atoms with Gasteiger partial charge >= 0.3 is 35.4 Å². The maximum absolute atomic E-state index is 12.9. The first-order valence-electron chi connectivity index (χ1n) is 17.4. The third-order valence-electron chi connectivity index (χ3n) is 7.48. The molecule has 0 radical (unpaired) electrons. The molecule has 19 nitrogen and oxygen atoms in total. The van der Waals surface area contributed by atoms with Gasteiger partial charge in [0.25, 0.3) is 0 Å². The van der Waals surface area contributed by atoms with E-state index < -0.39 is 91.3 Å². The highest BCUT2D eigenvalue weighted by Crippen LogP contribution is 2.51. The van der Waals surface area contributed by atoms with Crippen molar-refractivity contribution in [3.05, 3.63) is 48.6 Å². The van der Waals surface area contributed by atoms with Crippen LogP contribution in [0, 0.1) is 0 Å². The number of aliphatic hydroxyl groups is 3. The van der Waals surface area contributed by atoms with Crippen molar-refractivity contribution in [1.29, 1.82) is 0 Å². The third-order valence-corrected chi connectivity index (χ3v) is 9.50. The van der Waals surface area contributed by atoms with Crippen LogP contribution >= 0.6 is 23.5 Å². The van der Waals surface area contributed by atoms with Gasteiger partial charge in [-0.1, -0.05) is 74.8 Å². The minimum absolute atomic E-state index is 0.0578. The topological polar surface area (TPSA) is 303 Å². The number of carbonyl (C=O) groups is 2. The predicted octanol–water partition coefficient (Wildman–Crippen LogP) is 3.55. The quantitative estimate of drug-likeness (QED) is 0.0254. The number of allylic oxidation sites excluding steroid dienone is 8. The summed E-state index contributed by atoms with van der Waals surface area (Å²) in [5.41, 5.74) is 0. The van der Waals surface area contributed by atoms with Crippen LogP contribution in [-0.2, 0) is 50.9 Å². The van der Waals surface area contributed by atoms with Gasteiger partial charge in [-0.3, -0.25) is 27.7 Å². The molecule has 0 aromatic rings. The summed E-state index contributed by atoms with van der Waals surface area (Å²) < 4.78 is 64.5. The summed E-state index contributed by atoms with van der Waals surface area (Å²) in [4.78, 5) is 72.1.